The summed E-state index contributed by atoms with van der Waals surface area (Å²) in [5.41, 5.74) is 1.83. The first-order valence-electron chi connectivity index (χ1n) is 8.80. The van der Waals surface area contributed by atoms with Crippen LogP contribution < -0.4 is 10.6 Å². The molecule has 0 atom stereocenters. The van der Waals surface area contributed by atoms with Crippen LogP contribution in [0.3, 0.4) is 0 Å². The molecule has 26 heavy (non-hydrogen) atoms. The zero-order chi connectivity index (χ0) is 18.7. The first kappa shape index (κ1) is 18.5. The molecule has 0 spiro atoms. The highest BCUT2D eigenvalue weighted by Gasteiger charge is 2.33. The summed E-state index contributed by atoms with van der Waals surface area (Å²) in [6.45, 7) is 3.68. The minimum atomic E-state index is -0.0791. The number of hydrogen-bond acceptors (Lipinski definition) is 3. The maximum Gasteiger partial charge on any atom is 0.228 e. The maximum atomic E-state index is 12.1. The number of carbonyl (C=O) groups is 2. The predicted octanol–water partition coefficient (Wildman–Crippen LogP) is 3.26. The second-order valence-electron chi connectivity index (χ2n) is 7.09. The summed E-state index contributed by atoms with van der Waals surface area (Å²) in [5.74, 6) is 0.798. The highest BCUT2D eigenvalue weighted by atomic mass is 35.5. The molecule has 138 valence electrons. The Bertz CT molecular complexity index is 796. The van der Waals surface area contributed by atoms with Gasteiger partial charge in [0.05, 0.1) is 12.1 Å². The van der Waals surface area contributed by atoms with Crippen LogP contribution in [0.15, 0.2) is 30.3 Å². The summed E-state index contributed by atoms with van der Waals surface area (Å²) in [7, 11) is 0. The number of rotatable bonds is 6. The summed E-state index contributed by atoms with van der Waals surface area (Å²) in [4.78, 5) is 23.8. The van der Waals surface area contributed by atoms with E-state index >= 15 is 0 Å². The van der Waals surface area contributed by atoms with Gasteiger partial charge < -0.3 is 10.6 Å². The van der Waals surface area contributed by atoms with Gasteiger partial charge >= 0.3 is 0 Å². The van der Waals surface area contributed by atoms with Crippen molar-refractivity contribution in [2.45, 2.75) is 45.1 Å². The van der Waals surface area contributed by atoms with Gasteiger partial charge in [0, 0.05) is 29.0 Å². The third-order valence-corrected chi connectivity index (χ3v) is 4.79. The highest BCUT2D eigenvalue weighted by molar-refractivity contribution is 6.30. The van der Waals surface area contributed by atoms with Crippen molar-refractivity contribution in [3.8, 4) is 0 Å². The second kappa shape index (κ2) is 7.91. The largest absolute Gasteiger partial charge is 0.353 e. The van der Waals surface area contributed by atoms with Gasteiger partial charge in [0.15, 0.2) is 0 Å². The Morgan fingerprint density at radius 2 is 2.08 bits per heavy atom. The molecule has 3 N–H and O–H groups in total. The molecule has 0 saturated heterocycles. The van der Waals surface area contributed by atoms with Crippen molar-refractivity contribution in [3.63, 3.8) is 0 Å². The Morgan fingerprint density at radius 1 is 1.31 bits per heavy atom. The Morgan fingerprint density at radius 3 is 2.77 bits per heavy atom. The monoisotopic (exact) mass is 374 g/mol. The third kappa shape index (κ3) is 4.64. The Kier molecular flexibility index (Phi) is 5.61. The molecule has 1 heterocycles. The molecule has 3 rings (SSSR count). The van der Waals surface area contributed by atoms with E-state index in [-0.39, 0.29) is 23.8 Å². The fraction of sp³-hybridized carbons (Fsp3) is 0.421. The van der Waals surface area contributed by atoms with Crippen LogP contribution in [0.25, 0.3) is 0 Å². The van der Waals surface area contributed by atoms with Gasteiger partial charge in [-0.15, -0.1) is 0 Å². The van der Waals surface area contributed by atoms with Gasteiger partial charge in [-0.1, -0.05) is 37.6 Å². The Labute approximate surface area is 157 Å². The number of nitrogens with zero attached hydrogens (tertiary/aromatic N) is 1. The molecule has 1 aliphatic carbocycles. The molecule has 1 aromatic carbocycles. The molecule has 0 aliphatic heterocycles. The molecule has 1 saturated carbocycles. The number of H-pyrrole nitrogens is 1. The average Bonchev–Trinajstić information content (AvgIpc) is 2.98. The van der Waals surface area contributed by atoms with E-state index in [1.807, 2.05) is 32.0 Å². The fourth-order valence-corrected chi connectivity index (χ4v) is 3.19. The first-order chi connectivity index (χ1) is 12.4. The average molecular weight is 375 g/mol. The number of amides is 2. The summed E-state index contributed by atoms with van der Waals surface area (Å²) >= 11 is 5.94. The number of anilines is 1. The van der Waals surface area contributed by atoms with Crippen LogP contribution in [0.5, 0.6) is 0 Å². The van der Waals surface area contributed by atoms with E-state index in [0.717, 1.165) is 24.1 Å². The van der Waals surface area contributed by atoms with E-state index in [4.69, 9.17) is 11.6 Å². The molecule has 7 heteroatoms. The molecular formula is C19H23ClN4O2. The van der Waals surface area contributed by atoms with Gasteiger partial charge in [0.1, 0.15) is 5.82 Å². The summed E-state index contributed by atoms with van der Waals surface area (Å²) in [6, 6.07) is 9.37. The number of halogens is 1. The number of hydrogen-bond donors (Lipinski definition) is 3. The summed E-state index contributed by atoms with van der Waals surface area (Å²) in [6.07, 6.45) is 2.03. The van der Waals surface area contributed by atoms with Crippen molar-refractivity contribution in [1.29, 1.82) is 0 Å². The van der Waals surface area contributed by atoms with Crippen molar-refractivity contribution in [2.75, 3.05) is 5.32 Å². The van der Waals surface area contributed by atoms with Gasteiger partial charge in [-0.3, -0.25) is 14.7 Å². The minimum Gasteiger partial charge on any atom is -0.353 e. The van der Waals surface area contributed by atoms with Crippen LogP contribution in [-0.4, -0.2) is 28.1 Å². The molecule has 6 nitrogen and oxygen atoms in total. The lowest BCUT2D eigenvalue weighted by Crippen LogP contribution is -2.44. The molecule has 1 fully saturated rings. The Balaban J connectivity index is 1.45. The number of aromatic nitrogens is 2. The van der Waals surface area contributed by atoms with E-state index < -0.39 is 0 Å². The SMILES string of the molecule is CC(C)C(=O)Nc1cc([C@H]2C[C@@H](NC(=O)Cc3cccc(Cl)c3)C2)n[nH]1. The number of carbonyl (C=O) groups excluding carboxylic acids is 2. The van der Waals surface area contributed by atoms with Gasteiger partial charge in [-0.2, -0.15) is 5.10 Å². The normalized spacial score (nSPS) is 19.1. The van der Waals surface area contributed by atoms with Gasteiger partial charge in [0.2, 0.25) is 11.8 Å². The molecule has 2 amide bonds. The molecule has 1 aliphatic rings. The number of benzene rings is 1. The summed E-state index contributed by atoms with van der Waals surface area (Å²) < 4.78 is 0. The molecule has 1 aromatic heterocycles. The zero-order valence-electron chi connectivity index (χ0n) is 14.9. The number of nitrogens with one attached hydrogen (secondary N) is 3. The molecule has 0 unspecified atom stereocenters. The first-order valence-corrected chi connectivity index (χ1v) is 9.18. The summed E-state index contributed by atoms with van der Waals surface area (Å²) in [5, 5.41) is 13.6. The third-order valence-electron chi connectivity index (χ3n) is 4.56. The van der Waals surface area contributed by atoms with E-state index in [1.165, 1.54) is 0 Å². The van der Waals surface area contributed by atoms with Gasteiger partial charge in [-0.25, -0.2) is 0 Å². The topological polar surface area (TPSA) is 86.9 Å². The van der Waals surface area contributed by atoms with E-state index in [2.05, 4.69) is 20.8 Å². The van der Waals surface area contributed by atoms with Crippen LogP contribution >= 0.6 is 11.6 Å². The number of aromatic amines is 1. The van der Waals surface area contributed by atoms with Crippen LogP contribution in [0.2, 0.25) is 5.02 Å². The molecule has 0 bridgehead atoms. The van der Waals surface area contributed by atoms with E-state index in [9.17, 15) is 9.59 Å². The Hall–Kier alpha value is -2.34. The van der Waals surface area contributed by atoms with Crippen molar-refractivity contribution >= 4 is 29.2 Å². The van der Waals surface area contributed by atoms with Gasteiger partial charge in [-0.05, 0) is 30.5 Å². The molecule has 2 aromatic rings. The van der Waals surface area contributed by atoms with E-state index in [0.29, 0.717) is 23.2 Å². The quantitative estimate of drug-likeness (QED) is 0.725. The zero-order valence-corrected chi connectivity index (χ0v) is 15.6. The van der Waals surface area contributed by atoms with Crippen molar-refractivity contribution in [2.24, 2.45) is 5.92 Å². The van der Waals surface area contributed by atoms with Crippen LogP contribution in [-0.2, 0) is 16.0 Å². The van der Waals surface area contributed by atoms with Crippen LogP contribution in [0.1, 0.15) is 43.9 Å². The minimum absolute atomic E-state index is 0.00244. The second-order valence-corrected chi connectivity index (χ2v) is 7.53. The van der Waals surface area contributed by atoms with Crippen LogP contribution in [0, 0.1) is 5.92 Å². The maximum absolute atomic E-state index is 12.1. The van der Waals surface area contributed by atoms with Gasteiger partial charge in [0.25, 0.3) is 0 Å². The molecule has 0 radical (unpaired) electrons. The lowest BCUT2D eigenvalue weighted by Gasteiger charge is -2.34. The molecular weight excluding hydrogens is 352 g/mol. The van der Waals surface area contributed by atoms with Crippen molar-refractivity contribution in [1.82, 2.24) is 15.5 Å². The smallest absolute Gasteiger partial charge is 0.228 e. The van der Waals surface area contributed by atoms with Crippen molar-refractivity contribution in [3.05, 3.63) is 46.6 Å². The standard InChI is InChI=1S/C19H23ClN4O2/c1-11(2)19(26)22-17-10-16(23-24-17)13-8-15(9-13)21-18(25)7-12-4-3-5-14(20)6-12/h3-6,10-11,13,15H,7-9H2,1-2H3,(H,21,25)(H2,22,23,24,26)/t13-,15+. The van der Waals surface area contributed by atoms with Crippen LogP contribution in [0.4, 0.5) is 5.82 Å². The van der Waals surface area contributed by atoms with Crippen molar-refractivity contribution < 1.29 is 9.59 Å². The highest BCUT2D eigenvalue weighted by Crippen LogP contribution is 2.36. The predicted molar refractivity (Wildman–Crippen MR) is 101 cm³/mol. The lowest BCUT2D eigenvalue weighted by atomic mass is 9.78. The van der Waals surface area contributed by atoms with E-state index in [1.54, 1.807) is 12.1 Å². The lowest BCUT2D eigenvalue weighted by molar-refractivity contribution is -0.122. The fourth-order valence-electron chi connectivity index (χ4n) is 2.98.